The summed E-state index contributed by atoms with van der Waals surface area (Å²) in [5, 5.41) is 12.4. The minimum atomic E-state index is -1.42. The number of benzene rings is 2. The highest BCUT2D eigenvalue weighted by Crippen LogP contribution is 2.38. The van der Waals surface area contributed by atoms with Gasteiger partial charge in [-0.1, -0.05) is 11.6 Å². The molecule has 0 spiro atoms. The second-order valence-electron chi connectivity index (χ2n) is 6.72. The van der Waals surface area contributed by atoms with Crippen LogP contribution in [0.15, 0.2) is 41.3 Å². The summed E-state index contributed by atoms with van der Waals surface area (Å²) in [7, 11) is 0. The van der Waals surface area contributed by atoms with E-state index in [4.69, 9.17) is 11.6 Å². The van der Waals surface area contributed by atoms with E-state index >= 15 is 4.39 Å². The molecular weight excluding hydrogens is 425 g/mol. The van der Waals surface area contributed by atoms with Gasteiger partial charge in [0.15, 0.2) is 5.82 Å². The van der Waals surface area contributed by atoms with Crippen LogP contribution in [0.25, 0.3) is 10.9 Å². The van der Waals surface area contributed by atoms with Crippen molar-refractivity contribution in [3.8, 4) is 0 Å². The van der Waals surface area contributed by atoms with Crippen LogP contribution in [0.3, 0.4) is 0 Å². The fourth-order valence-corrected chi connectivity index (χ4v) is 3.32. The average Bonchev–Trinajstić information content (AvgIpc) is 3.48. The van der Waals surface area contributed by atoms with Crippen LogP contribution in [-0.2, 0) is 6.54 Å². The summed E-state index contributed by atoms with van der Waals surface area (Å²) >= 11 is 5.83. The number of anilines is 1. The molecule has 1 aliphatic carbocycles. The zero-order chi connectivity index (χ0) is 20.0. The van der Waals surface area contributed by atoms with Crippen molar-refractivity contribution in [1.82, 2.24) is 4.57 Å². The number of hydrogen-bond donors (Lipinski definition) is 2. The summed E-state index contributed by atoms with van der Waals surface area (Å²) in [5.74, 6) is -3.19. The number of nitrogens with zero attached hydrogens (tertiary/aromatic N) is 1. The molecule has 1 heterocycles. The Bertz CT molecular complexity index is 1160. The van der Waals surface area contributed by atoms with Gasteiger partial charge in [0.25, 0.3) is 0 Å². The fourth-order valence-electron chi connectivity index (χ4n) is 3.19. The minimum absolute atomic E-state index is 0. The van der Waals surface area contributed by atoms with E-state index in [1.54, 1.807) is 24.3 Å². The number of rotatable bonds is 5. The molecule has 0 radical (unpaired) electrons. The molecule has 1 saturated carbocycles. The standard InChI is InChI=1S/C20H15ClF2N2O3.ClH/c21-10-1-3-11(4-2-10)24-8-14-16(22)7-13-18(17(14)23)25(12-5-6-12)9-15(19(13)26)20(27)28;/h1-4,7,9,12,24H,5-6,8H2,(H,27,28);1H. The first kappa shape index (κ1) is 21.1. The van der Waals surface area contributed by atoms with Crippen LogP contribution in [0, 0.1) is 11.6 Å². The summed E-state index contributed by atoms with van der Waals surface area (Å²) in [6, 6.07) is 7.48. The van der Waals surface area contributed by atoms with Crippen molar-refractivity contribution in [3.05, 3.63) is 74.5 Å². The molecule has 5 nitrogen and oxygen atoms in total. The van der Waals surface area contributed by atoms with Crippen molar-refractivity contribution in [1.29, 1.82) is 0 Å². The fraction of sp³-hybridized carbons (Fsp3) is 0.200. The van der Waals surface area contributed by atoms with Gasteiger partial charge in [-0.05, 0) is 43.2 Å². The Morgan fingerprint density at radius 2 is 1.90 bits per heavy atom. The van der Waals surface area contributed by atoms with E-state index < -0.39 is 28.6 Å². The molecule has 1 fully saturated rings. The summed E-state index contributed by atoms with van der Waals surface area (Å²) in [6.07, 6.45) is 2.64. The molecule has 0 aliphatic heterocycles. The minimum Gasteiger partial charge on any atom is -0.477 e. The van der Waals surface area contributed by atoms with Gasteiger partial charge >= 0.3 is 5.97 Å². The zero-order valence-corrected chi connectivity index (χ0v) is 16.5. The molecule has 2 N–H and O–H groups in total. The number of nitrogens with one attached hydrogen (secondary N) is 1. The number of aromatic nitrogens is 1. The van der Waals surface area contributed by atoms with E-state index in [0.29, 0.717) is 10.7 Å². The first-order chi connectivity index (χ1) is 13.4. The van der Waals surface area contributed by atoms with Crippen molar-refractivity contribution in [2.24, 2.45) is 0 Å². The van der Waals surface area contributed by atoms with E-state index in [1.807, 2.05) is 0 Å². The Hall–Kier alpha value is -2.64. The lowest BCUT2D eigenvalue weighted by Crippen LogP contribution is -2.20. The van der Waals surface area contributed by atoms with Crippen LogP contribution in [-0.4, -0.2) is 15.6 Å². The molecule has 9 heteroatoms. The Labute approximate surface area is 175 Å². The Balaban J connectivity index is 0.00000240. The number of carboxylic acids is 1. The molecule has 4 rings (SSSR count). The highest BCUT2D eigenvalue weighted by molar-refractivity contribution is 6.30. The van der Waals surface area contributed by atoms with Crippen LogP contribution >= 0.6 is 24.0 Å². The molecule has 3 aromatic rings. The summed E-state index contributed by atoms with van der Waals surface area (Å²) < 4.78 is 31.3. The number of halogens is 4. The maximum Gasteiger partial charge on any atom is 0.341 e. The number of hydrogen-bond acceptors (Lipinski definition) is 3. The van der Waals surface area contributed by atoms with Crippen LogP contribution in [0.5, 0.6) is 0 Å². The summed E-state index contributed by atoms with van der Waals surface area (Å²) in [4.78, 5) is 23.8. The Kier molecular flexibility index (Phi) is 5.82. The van der Waals surface area contributed by atoms with Gasteiger partial charge in [0.05, 0.1) is 10.9 Å². The molecular formula is C20H16Cl2F2N2O3. The van der Waals surface area contributed by atoms with Gasteiger partial charge in [-0.3, -0.25) is 4.79 Å². The van der Waals surface area contributed by atoms with Gasteiger partial charge in [0.2, 0.25) is 5.43 Å². The maximum atomic E-state index is 15.3. The Morgan fingerprint density at radius 1 is 1.24 bits per heavy atom. The number of aromatic carboxylic acids is 1. The highest BCUT2D eigenvalue weighted by atomic mass is 35.5. The third kappa shape index (κ3) is 3.93. The summed E-state index contributed by atoms with van der Waals surface area (Å²) in [5.41, 5.74) is -1.05. The number of pyridine rings is 1. The van der Waals surface area contributed by atoms with Crippen LogP contribution < -0.4 is 10.7 Å². The van der Waals surface area contributed by atoms with Gasteiger partial charge in [0.1, 0.15) is 11.4 Å². The van der Waals surface area contributed by atoms with E-state index in [9.17, 15) is 19.1 Å². The smallest absolute Gasteiger partial charge is 0.341 e. The molecule has 29 heavy (non-hydrogen) atoms. The van der Waals surface area contributed by atoms with Gasteiger partial charge in [-0.15, -0.1) is 12.4 Å². The normalized spacial score (nSPS) is 13.2. The van der Waals surface area contributed by atoms with Crippen molar-refractivity contribution < 1.29 is 18.7 Å². The molecule has 0 saturated heterocycles. The largest absolute Gasteiger partial charge is 0.477 e. The predicted molar refractivity (Wildman–Crippen MR) is 109 cm³/mol. The first-order valence-corrected chi connectivity index (χ1v) is 9.03. The van der Waals surface area contributed by atoms with E-state index in [-0.39, 0.29) is 41.5 Å². The molecule has 2 aromatic carbocycles. The monoisotopic (exact) mass is 440 g/mol. The average molecular weight is 441 g/mol. The second-order valence-corrected chi connectivity index (χ2v) is 7.16. The SMILES string of the molecule is Cl.O=C(O)c1cn(C2CC2)c2c(F)c(CNc3ccc(Cl)cc3)c(F)cc2c1=O. The van der Waals surface area contributed by atoms with Gasteiger partial charge < -0.3 is 15.0 Å². The van der Waals surface area contributed by atoms with Gasteiger partial charge in [-0.2, -0.15) is 0 Å². The molecule has 152 valence electrons. The maximum absolute atomic E-state index is 15.3. The number of fused-ring (bicyclic) bond motifs is 1. The van der Waals surface area contributed by atoms with Crippen LogP contribution in [0.2, 0.25) is 5.02 Å². The lowest BCUT2D eigenvalue weighted by molar-refractivity contribution is 0.0695. The molecule has 1 aromatic heterocycles. The van der Waals surface area contributed by atoms with Gasteiger partial charge in [-0.25, -0.2) is 13.6 Å². The third-order valence-electron chi connectivity index (χ3n) is 4.79. The Morgan fingerprint density at radius 3 is 2.48 bits per heavy atom. The summed E-state index contributed by atoms with van der Waals surface area (Å²) in [6.45, 7) is -0.144. The van der Waals surface area contributed by atoms with Crippen molar-refractivity contribution in [3.63, 3.8) is 0 Å². The molecule has 0 unspecified atom stereocenters. The van der Waals surface area contributed by atoms with E-state index in [0.717, 1.165) is 25.1 Å². The van der Waals surface area contributed by atoms with E-state index in [2.05, 4.69) is 5.32 Å². The quantitative estimate of drug-likeness (QED) is 0.585. The molecule has 0 atom stereocenters. The lowest BCUT2D eigenvalue weighted by atomic mass is 10.1. The van der Waals surface area contributed by atoms with Crippen LogP contribution in [0.1, 0.15) is 34.8 Å². The van der Waals surface area contributed by atoms with Crippen molar-refractivity contribution >= 4 is 46.6 Å². The first-order valence-electron chi connectivity index (χ1n) is 8.65. The molecule has 0 amide bonds. The molecule has 1 aliphatic rings. The van der Waals surface area contributed by atoms with E-state index in [1.165, 1.54) is 4.57 Å². The van der Waals surface area contributed by atoms with Crippen LogP contribution in [0.4, 0.5) is 14.5 Å². The second kappa shape index (κ2) is 8.00. The zero-order valence-electron chi connectivity index (χ0n) is 14.9. The van der Waals surface area contributed by atoms with Crippen molar-refractivity contribution in [2.75, 3.05) is 5.32 Å². The lowest BCUT2D eigenvalue weighted by Gasteiger charge is -2.16. The third-order valence-corrected chi connectivity index (χ3v) is 5.04. The highest BCUT2D eigenvalue weighted by Gasteiger charge is 2.29. The van der Waals surface area contributed by atoms with Gasteiger partial charge in [0, 0.05) is 35.1 Å². The number of carboxylic acid groups (broad SMARTS) is 1. The number of carbonyl (C=O) groups is 1. The topological polar surface area (TPSA) is 71.3 Å². The molecule has 0 bridgehead atoms. The predicted octanol–water partition coefficient (Wildman–Crippen LogP) is 5.00. The van der Waals surface area contributed by atoms with Crippen molar-refractivity contribution in [2.45, 2.75) is 25.4 Å².